The highest BCUT2D eigenvalue weighted by molar-refractivity contribution is 7.91. The molecule has 0 saturated heterocycles. The van der Waals surface area contributed by atoms with Crippen molar-refractivity contribution in [2.24, 2.45) is 0 Å². The van der Waals surface area contributed by atoms with Gasteiger partial charge in [0.25, 0.3) is 0 Å². The summed E-state index contributed by atoms with van der Waals surface area (Å²) >= 11 is 0. The lowest BCUT2D eigenvalue weighted by Gasteiger charge is -2.09. The molecule has 0 saturated carbocycles. The van der Waals surface area contributed by atoms with Crippen molar-refractivity contribution in [2.75, 3.05) is 6.61 Å². The summed E-state index contributed by atoms with van der Waals surface area (Å²) in [6.07, 6.45) is 5.21. The maximum Gasteiger partial charge on any atom is 0.206 e. The SMILES string of the molecule is C#CCOc1ccc(-c2ccc(Oc3ccc(S(=O)(=O)c4ccc(C)cc4)cc3)cc2)cc1. The Labute approximate surface area is 194 Å². The van der Waals surface area contributed by atoms with Gasteiger partial charge in [-0.25, -0.2) is 8.42 Å². The molecule has 0 atom stereocenters. The molecule has 4 aromatic carbocycles. The average molecular weight is 455 g/mol. The molecule has 4 aromatic rings. The van der Waals surface area contributed by atoms with Crippen LogP contribution in [0.2, 0.25) is 0 Å². The second kappa shape index (κ2) is 9.64. The minimum absolute atomic E-state index is 0.226. The fourth-order valence-electron chi connectivity index (χ4n) is 3.26. The van der Waals surface area contributed by atoms with Gasteiger partial charge in [0.05, 0.1) is 9.79 Å². The molecule has 4 nitrogen and oxygen atoms in total. The molecule has 0 amide bonds. The molecule has 33 heavy (non-hydrogen) atoms. The number of hydrogen-bond acceptors (Lipinski definition) is 4. The Balaban J connectivity index is 1.44. The lowest BCUT2D eigenvalue weighted by Crippen LogP contribution is -2.01. The Morgan fingerprint density at radius 2 is 1.09 bits per heavy atom. The van der Waals surface area contributed by atoms with Gasteiger partial charge in [-0.15, -0.1) is 6.42 Å². The van der Waals surface area contributed by atoms with Crippen molar-refractivity contribution in [1.82, 2.24) is 0 Å². The summed E-state index contributed by atoms with van der Waals surface area (Å²) in [5.41, 5.74) is 3.08. The van der Waals surface area contributed by atoms with Crippen molar-refractivity contribution < 1.29 is 17.9 Å². The first-order valence-electron chi connectivity index (χ1n) is 10.3. The fraction of sp³-hybridized carbons (Fsp3) is 0.0714. The van der Waals surface area contributed by atoms with Crippen LogP contribution in [0.1, 0.15) is 5.56 Å². The van der Waals surface area contributed by atoms with Crippen LogP contribution in [0.5, 0.6) is 17.2 Å². The Morgan fingerprint density at radius 3 is 1.58 bits per heavy atom. The maximum absolute atomic E-state index is 12.8. The predicted octanol–water partition coefficient (Wildman–Crippen LogP) is 6.30. The van der Waals surface area contributed by atoms with Crippen LogP contribution in [-0.4, -0.2) is 15.0 Å². The minimum Gasteiger partial charge on any atom is -0.481 e. The highest BCUT2D eigenvalue weighted by Gasteiger charge is 2.17. The van der Waals surface area contributed by atoms with Crippen LogP contribution in [0.4, 0.5) is 0 Å². The van der Waals surface area contributed by atoms with E-state index in [1.54, 1.807) is 48.5 Å². The molecular formula is C28H22O4S. The highest BCUT2D eigenvalue weighted by Crippen LogP contribution is 2.29. The third-order valence-electron chi connectivity index (χ3n) is 5.07. The fourth-order valence-corrected chi connectivity index (χ4v) is 4.52. The first-order chi connectivity index (χ1) is 16.0. The van der Waals surface area contributed by atoms with E-state index in [4.69, 9.17) is 15.9 Å². The van der Waals surface area contributed by atoms with Crippen molar-refractivity contribution >= 4 is 9.84 Å². The summed E-state index contributed by atoms with van der Waals surface area (Å²) in [6, 6.07) is 28.6. The molecule has 0 N–H and O–H groups in total. The monoisotopic (exact) mass is 454 g/mol. The van der Waals surface area contributed by atoms with E-state index < -0.39 is 9.84 Å². The van der Waals surface area contributed by atoms with Crippen molar-refractivity contribution in [1.29, 1.82) is 0 Å². The number of terminal acetylenes is 1. The van der Waals surface area contributed by atoms with E-state index in [0.717, 1.165) is 22.4 Å². The second-order valence-electron chi connectivity index (χ2n) is 7.43. The van der Waals surface area contributed by atoms with Gasteiger partial charge >= 0.3 is 0 Å². The zero-order valence-corrected chi connectivity index (χ0v) is 18.9. The summed E-state index contributed by atoms with van der Waals surface area (Å²) in [4.78, 5) is 0.497. The van der Waals surface area contributed by atoms with Crippen LogP contribution in [0.15, 0.2) is 107 Å². The number of ether oxygens (including phenoxy) is 2. The summed E-state index contributed by atoms with van der Waals surface area (Å²) in [5.74, 6) is 4.38. The lowest BCUT2D eigenvalue weighted by molar-refractivity contribution is 0.370. The normalized spacial score (nSPS) is 10.9. The van der Waals surface area contributed by atoms with Gasteiger partial charge in [0.15, 0.2) is 0 Å². The zero-order chi connectivity index (χ0) is 23.3. The van der Waals surface area contributed by atoms with E-state index in [1.165, 1.54) is 0 Å². The molecular weight excluding hydrogens is 432 g/mol. The van der Waals surface area contributed by atoms with E-state index in [0.29, 0.717) is 11.5 Å². The predicted molar refractivity (Wildman–Crippen MR) is 129 cm³/mol. The zero-order valence-electron chi connectivity index (χ0n) is 18.1. The molecule has 0 unspecified atom stereocenters. The van der Waals surface area contributed by atoms with Gasteiger partial charge in [0.1, 0.15) is 23.9 Å². The Kier molecular flexibility index (Phi) is 6.48. The molecule has 0 aromatic heterocycles. The molecule has 0 aliphatic rings. The van der Waals surface area contributed by atoms with E-state index >= 15 is 0 Å². The van der Waals surface area contributed by atoms with Crippen LogP contribution in [0.3, 0.4) is 0 Å². The number of aryl methyl sites for hydroxylation is 1. The van der Waals surface area contributed by atoms with Gasteiger partial charge in [-0.3, -0.25) is 0 Å². The smallest absolute Gasteiger partial charge is 0.206 e. The van der Waals surface area contributed by atoms with Gasteiger partial charge < -0.3 is 9.47 Å². The topological polar surface area (TPSA) is 52.6 Å². The van der Waals surface area contributed by atoms with Crippen LogP contribution in [0, 0.1) is 19.3 Å². The van der Waals surface area contributed by atoms with Gasteiger partial charge in [-0.2, -0.15) is 0 Å². The first kappa shape index (κ1) is 22.2. The third-order valence-corrected chi connectivity index (χ3v) is 6.85. The van der Waals surface area contributed by atoms with Gasteiger partial charge in [-0.05, 0) is 78.7 Å². The molecule has 0 fully saturated rings. The second-order valence-corrected chi connectivity index (χ2v) is 9.38. The van der Waals surface area contributed by atoms with E-state index in [2.05, 4.69) is 5.92 Å². The Bertz CT molecular complexity index is 1360. The molecule has 0 bridgehead atoms. The molecule has 5 heteroatoms. The summed E-state index contributed by atoms with van der Waals surface area (Å²) in [6.45, 7) is 2.16. The van der Waals surface area contributed by atoms with E-state index in [1.807, 2.05) is 55.5 Å². The molecule has 4 rings (SSSR count). The number of hydrogen-bond donors (Lipinski definition) is 0. The van der Waals surface area contributed by atoms with Crippen LogP contribution < -0.4 is 9.47 Å². The molecule has 164 valence electrons. The first-order valence-corrected chi connectivity index (χ1v) is 11.8. The third kappa shape index (κ3) is 5.25. The highest BCUT2D eigenvalue weighted by atomic mass is 32.2. The quantitative estimate of drug-likeness (QED) is 0.308. The van der Waals surface area contributed by atoms with Crippen molar-refractivity contribution in [2.45, 2.75) is 16.7 Å². The van der Waals surface area contributed by atoms with Gasteiger partial charge in [0, 0.05) is 0 Å². The summed E-state index contributed by atoms with van der Waals surface area (Å²) < 4.78 is 36.9. The minimum atomic E-state index is -3.56. The van der Waals surface area contributed by atoms with Crippen LogP contribution in [0.25, 0.3) is 11.1 Å². The van der Waals surface area contributed by atoms with Gasteiger partial charge in [-0.1, -0.05) is 47.9 Å². The lowest BCUT2D eigenvalue weighted by atomic mass is 10.1. The molecule has 0 aliphatic carbocycles. The summed E-state index contributed by atoms with van der Waals surface area (Å²) in [5, 5.41) is 0. The number of rotatable bonds is 7. The molecule has 0 heterocycles. The standard InChI is InChI=1S/C28H22O4S/c1-3-20-31-24-10-6-22(7-11-24)23-8-12-25(13-9-23)32-26-14-18-28(19-15-26)33(29,30)27-16-4-21(2)5-17-27/h1,4-19H,20H2,2H3. The van der Waals surface area contributed by atoms with E-state index in [9.17, 15) is 8.42 Å². The van der Waals surface area contributed by atoms with Crippen molar-refractivity contribution in [3.63, 3.8) is 0 Å². The maximum atomic E-state index is 12.8. The van der Waals surface area contributed by atoms with Crippen molar-refractivity contribution in [3.05, 3.63) is 103 Å². The van der Waals surface area contributed by atoms with Gasteiger partial charge in [0.2, 0.25) is 9.84 Å². The molecule has 0 aliphatic heterocycles. The van der Waals surface area contributed by atoms with E-state index in [-0.39, 0.29) is 16.4 Å². The molecule has 0 radical (unpaired) electrons. The average Bonchev–Trinajstić information content (AvgIpc) is 2.84. The van der Waals surface area contributed by atoms with Crippen LogP contribution >= 0.6 is 0 Å². The van der Waals surface area contributed by atoms with Crippen molar-refractivity contribution in [3.8, 4) is 40.7 Å². The van der Waals surface area contributed by atoms with Crippen LogP contribution in [-0.2, 0) is 9.84 Å². The summed E-state index contributed by atoms with van der Waals surface area (Å²) in [7, 11) is -3.56. The number of benzene rings is 4. The largest absolute Gasteiger partial charge is 0.481 e. The Hall–Kier alpha value is -4.01. The Morgan fingerprint density at radius 1 is 0.667 bits per heavy atom. The molecule has 0 spiro atoms. The number of sulfone groups is 1.